The van der Waals surface area contributed by atoms with Gasteiger partial charge >= 0.3 is 0 Å². The summed E-state index contributed by atoms with van der Waals surface area (Å²) in [4.78, 5) is 5.76. The first-order valence-corrected chi connectivity index (χ1v) is 7.55. The molecule has 0 amide bonds. The molecule has 2 heterocycles. The number of aliphatic hydroxyl groups is 1. The molecule has 0 fully saturated rings. The van der Waals surface area contributed by atoms with Crippen molar-refractivity contribution in [3.8, 4) is 9.88 Å². The van der Waals surface area contributed by atoms with E-state index in [1.807, 2.05) is 11.4 Å². The van der Waals surface area contributed by atoms with E-state index in [-0.39, 0.29) is 12.5 Å². The molecule has 1 N–H and O–H groups in total. The number of thiazole rings is 1. The number of aromatic nitrogens is 1. The highest BCUT2D eigenvalue weighted by molar-refractivity contribution is 9.11. The van der Waals surface area contributed by atoms with Crippen molar-refractivity contribution in [2.75, 3.05) is 6.61 Å². The van der Waals surface area contributed by atoms with Crippen molar-refractivity contribution in [3.05, 3.63) is 27.0 Å². The Morgan fingerprint density at radius 3 is 2.88 bits per heavy atom. The van der Waals surface area contributed by atoms with Gasteiger partial charge in [-0.05, 0) is 34.5 Å². The van der Waals surface area contributed by atoms with E-state index in [4.69, 9.17) is 0 Å². The van der Waals surface area contributed by atoms with Gasteiger partial charge in [0.25, 0.3) is 0 Å². The van der Waals surface area contributed by atoms with Gasteiger partial charge in [0.05, 0.1) is 21.0 Å². The summed E-state index contributed by atoms with van der Waals surface area (Å²) in [6.45, 7) is 2.25. The van der Waals surface area contributed by atoms with Crippen LogP contribution in [0, 0.1) is 0 Å². The zero-order valence-corrected chi connectivity index (χ0v) is 12.0. The Hall–Kier alpha value is -0.230. The van der Waals surface area contributed by atoms with Crippen LogP contribution in [0.4, 0.5) is 0 Å². The predicted molar refractivity (Wildman–Crippen MR) is 73.2 cm³/mol. The van der Waals surface area contributed by atoms with Crippen LogP contribution >= 0.6 is 38.6 Å². The van der Waals surface area contributed by atoms with E-state index in [2.05, 4.69) is 33.9 Å². The summed E-state index contributed by atoms with van der Waals surface area (Å²) in [5, 5.41) is 12.3. The van der Waals surface area contributed by atoms with Crippen LogP contribution < -0.4 is 0 Å². The van der Waals surface area contributed by atoms with E-state index in [0.29, 0.717) is 0 Å². The van der Waals surface area contributed by atoms with Crippen molar-refractivity contribution >= 4 is 38.6 Å². The van der Waals surface area contributed by atoms with Crippen molar-refractivity contribution in [2.24, 2.45) is 0 Å². The summed E-state index contributed by atoms with van der Waals surface area (Å²) in [7, 11) is 0. The van der Waals surface area contributed by atoms with Gasteiger partial charge in [-0.3, -0.25) is 0 Å². The highest BCUT2D eigenvalue weighted by atomic mass is 79.9. The number of thiophene rings is 1. The maximum atomic E-state index is 9.22. The first-order valence-electron chi connectivity index (χ1n) is 5.06. The van der Waals surface area contributed by atoms with Crippen LogP contribution in [0.1, 0.15) is 25.0 Å². The van der Waals surface area contributed by atoms with Crippen molar-refractivity contribution < 1.29 is 5.11 Å². The molecule has 16 heavy (non-hydrogen) atoms. The summed E-state index contributed by atoms with van der Waals surface area (Å²) in [6.07, 6.45) is 0.924. The lowest BCUT2D eigenvalue weighted by Crippen LogP contribution is -2.02. The monoisotopic (exact) mass is 317 g/mol. The van der Waals surface area contributed by atoms with E-state index < -0.39 is 0 Å². The van der Waals surface area contributed by atoms with E-state index >= 15 is 0 Å². The van der Waals surface area contributed by atoms with Gasteiger partial charge in [0.2, 0.25) is 0 Å². The molecule has 0 saturated heterocycles. The first kappa shape index (κ1) is 12.2. The van der Waals surface area contributed by atoms with Crippen LogP contribution in [-0.2, 0) is 0 Å². The topological polar surface area (TPSA) is 33.1 Å². The molecule has 0 spiro atoms. The summed E-state index contributed by atoms with van der Waals surface area (Å²) in [6, 6.07) is 4.10. The number of nitrogens with zero attached hydrogens (tertiary/aromatic N) is 1. The van der Waals surface area contributed by atoms with Crippen LogP contribution in [-0.4, -0.2) is 16.7 Å². The standard InChI is InChI=1S/C11H12BrNOS2/c1-2-7(5-14)8-6-15-11(13-8)9-3-4-10(12)16-9/h3-4,6-7,14H,2,5H2,1H3. The Kier molecular flexibility index (Phi) is 4.13. The Labute approximate surface area is 111 Å². The van der Waals surface area contributed by atoms with Gasteiger partial charge in [-0.1, -0.05) is 6.92 Å². The molecule has 0 aliphatic rings. The summed E-state index contributed by atoms with van der Waals surface area (Å²) in [5.41, 5.74) is 1.01. The fraction of sp³-hybridized carbons (Fsp3) is 0.364. The summed E-state index contributed by atoms with van der Waals surface area (Å²) >= 11 is 6.77. The van der Waals surface area contributed by atoms with Crippen molar-refractivity contribution in [2.45, 2.75) is 19.3 Å². The van der Waals surface area contributed by atoms with Gasteiger partial charge in [0, 0.05) is 11.3 Å². The van der Waals surface area contributed by atoms with Crippen LogP contribution in [0.5, 0.6) is 0 Å². The van der Waals surface area contributed by atoms with E-state index in [1.165, 1.54) is 4.88 Å². The van der Waals surface area contributed by atoms with Gasteiger partial charge in [0.1, 0.15) is 5.01 Å². The molecule has 0 aliphatic heterocycles. The molecule has 1 unspecified atom stereocenters. The average Bonchev–Trinajstić information content (AvgIpc) is 2.89. The van der Waals surface area contributed by atoms with Crippen LogP contribution in [0.25, 0.3) is 9.88 Å². The van der Waals surface area contributed by atoms with Gasteiger partial charge in [-0.15, -0.1) is 22.7 Å². The Morgan fingerprint density at radius 1 is 1.50 bits per heavy atom. The molecule has 0 radical (unpaired) electrons. The largest absolute Gasteiger partial charge is 0.396 e. The quantitative estimate of drug-likeness (QED) is 0.920. The van der Waals surface area contributed by atoms with Crippen LogP contribution in [0.3, 0.4) is 0 Å². The van der Waals surface area contributed by atoms with Crippen molar-refractivity contribution in [1.29, 1.82) is 0 Å². The molecular weight excluding hydrogens is 306 g/mol. The van der Waals surface area contributed by atoms with Crippen molar-refractivity contribution in [1.82, 2.24) is 4.98 Å². The van der Waals surface area contributed by atoms with Gasteiger partial charge in [0.15, 0.2) is 0 Å². The summed E-state index contributed by atoms with van der Waals surface area (Å²) < 4.78 is 1.12. The van der Waals surface area contributed by atoms with Crippen molar-refractivity contribution in [3.63, 3.8) is 0 Å². The highest BCUT2D eigenvalue weighted by Crippen LogP contribution is 2.34. The Balaban J connectivity index is 2.25. The normalized spacial score (nSPS) is 12.9. The zero-order valence-electron chi connectivity index (χ0n) is 8.81. The molecular formula is C11H12BrNOS2. The molecule has 2 aromatic rings. The SMILES string of the molecule is CCC(CO)c1csc(-c2ccc(Br)s2)n1. The minimum atomic E-state index is 0.174. The highest BCUT2D eigenvalue weighted by Gasteiger charge is 2.13. The number of halogens is 1. The average molecular weight is 318 g/mol. The minimum Gasteiger partial charge on any atom is -0.396 e. The second-order valence-electron chi connectivity index (χ2n) is 3.47. The second-order valence-corrected chi connectivity index (χ2v) is 6.79. The van der Waals surface area contributed by atoms with E-state index in [0.717, 1.165) is 20.9 Å². The maximum absolute atomic E-state index is 9.22. The molecule has 0 aliphatic carbocycles. The molecule has 86 valence electrons. The van der Waals surface area contributed by atoms with E-state index in [9.17, 15) is 5.11 Å². The fourth-order valence-electron chi connectivity index (χ4n) is 1.45. The molecule has 0 bridgehead atoms. The third kappa shape index (κ3) is 2.53. The number of aliphatic hydroxyl groups excluding tert-OH is 1. The van der Waals surface area contributed by atoms with Crippen LogP contribution in [0.15, 0.2) is 21.3 Å². The summed E-state index contributed by atoms with van der Waals surface area (Å²) in [5.74, 6) is 0.174. The van der Waals surface area contributed by atoms with Gasteiger partial charge < -0.3 is 5.11 Å². The first-order chi connectivity index (χ1) is 7.74. The molecule has 1 atom stereocenters. The molecule has 2 aromatic heterocycles. The number of rotatable bonds is 4. The fourth-order valence-corrected chi connectivity index (χ4v) is 3.81. The van der Waals surface area contributed by atoms with E-state index in [1.54, 1.807) is 22.7 Å². The van der Waals surface area contributed by atoms with Gasteiger partial charge in [-0.2, -0.15) is 0 Å². The lowest BCUT2D eigenvalue weighted by Gasteiger charge is -2.06. The van der Waals surface area contributed by atoms with Gasteiger partial charge in [-0.25, -0.2) is 4.98 Å². The molecule has 5 heteroatoms. The Morgan fingerprint density at radius 2 is 2.31 bits per heavy atom. The molecule has 2 rings (SSSR count). The smallest absolute Gasteiger partial charge is 0.133 e. The Bertz CT molecular complexity index is 462. The lowest BCUT2D eigenvalue weighted by atomic mass is 10.1. The minimum absolute atomic E-state index is 0.174. The number of hydrogen-bond donors (Lipinski definition) is 1. The molecule has 2 nitrogen and oxygen atoms in total. The maximum Gasteiger partial charge on any atom is 0.133 e. The lowest BCUT2D eigenvalue weighted by molar-refractivity contribution is 0.260. The predicted octanol–water partition coefficient (Wildman–Crippen LogP) is 4.12. The second kappa shape index (κ2) is 5.40. The third-order valence-corrected chi connectivity index (χ3v) is 5.09. The molecule has 0 saturated carbocycles. The third-order valence-electron chi connectivity index (χ3n) is 2.44. The van der Waals surface area contributed by atoms with Crippen LogP contribution in [0.2, 0.25) is 0 Å². The molecule has 0 aromatic carbocycles. The number of hydrogen-bond acceptors (Lipinski definition) is 4. The zero-order chi connectivity index (χ0) is 11.5.